The average Bonchev–Trinajstić information content (AvgIpc) is 2.42. The third kappa shape index (κ3) is 5.10. The maximum atomic E-state index is 11.6. The van der Waals surface area contributed by atoms with Gasteiger partial charge in [-0.2, -0.15) is 5.10 Å². The molecule has 2 rings (SSSR count). The van der Waals surface area contributed by atoms with Crippen molar-refractivity contribution >= 4 is 28.1 Å². The number of carbonyl (C=O) groups is 1. The molecule has 5 nitrogen and oxygen atoms in total. The molecule has 0 radical (unpaired) electrons. The van der Waals surface area contributed by atoms with Gasteiger partial charge in [0, 0.05) is 17.6 Å². The highest BCUT2D eigenvalue weighted by molar-refractivity contribution is 9.10. The van der Waals surface area contributed by atoms with Crippen LogP contribution in [0.1, 0.15) is 5.56 Å². The van der Waals surface area contributed by atoms with Crippen LogP contribution in [0.25, 0.3) is 0 Å². The molecule has 1 fully saturated rings. The topological polar surface area (TPSA) is 53.9 Å². The van der Waals surface area contributed by atoms with Crippen LogP contribution in [0, 0.1) is 0 Å². The molecule has 1 N–H and O–H groups in total. The van der Waals surface area contributed by atoms with Gasteiger partial charge in [-0.1, -0.05) is 28.1 Å². The van der Waals surface area contributed by atoms with Gasteiger partial charge in [0.25, 0.3) is 5.91 Å². The van der Waals surface area contributed by atoms with Crippen LogP contribution in [0.2, 0.25) is 0 Å². The molecule has 1 amide bonds. The zero-order valence-corrected chi connectivity index (χ0v) is 12.1. The normalized spacial score (nSPS) is 16.7. The summed E-state index contributed by atoms with van der Waals surface area (Å²) in [6, 6.07) is 7.69. The average molecular weight is 326 g/mol. The van der Waals surface area contributed by atoms with Crippen LogP contribution >= 0.6 is 15.9 Å². The number of hydrogen-bond donors (Lipinski definition) is 1. The SMILES string of the molecule is O=C(CN1CCOCC1)N/N=C/c1ccc(Br)cc1. The number of hydrogen-bond acceptors (Lipinski definition) is 4. The molecule has 0 atom stereocenters. The molecule has 0 bridgehead atoms. The number of hydrazone groups is 1. The Morgan fingerprint density at radius 1 is 1.37 bits per heavy atom. The lowest BCUT2D eigenvalue weighted by Gasteiger charge is -2.25. The fourth-order valence-corrected chi connectivity index (χ4v) is 1.99. The van der Waals surface area contributed by atoms with Crippen LogP contribution in [0.4, 0.5) is 0 Å². The number of rotatable bonds is 4. The highest BCUT2D eigenvalue weighted by Crippen LogP contribution is 2.08. The van der Waals surface area contributed by atoms with Crippen molar-refractivity contribution < 1.29 is 9.53 Å². The quantitative estimate of drug-likeness (QED) is 0.669. The van der Waals surface area contributed by atoms with Gasteiger partial charge in [-0.15, -0.1) is 0 Å². The highest BCUT2D eigenvalue weighted by atomic mass is 79.9. The molecule has 102 valence electrons. The number of benzene rings is 1. The molecular formula is C13H16BrN3O2. The Hall–Kier alpha value is -1.24. The molecule has 0 aliphatic carbocycles. The molecule has 1 aliphatic rings. The predicted octanol–water partition coefficient (Wildman–Crippen LogP) is 1.23. The largest absolute Gasteiger partial charge is 0.379 e. The number of halogens is 1. The van der Waals surface area contributed by atoms with Crippen LogP contribution in [0.3, 0.4) is 0 Å². The van der Waals surface area contributed by atoms with E-state index in [-0.39, 0.29) is 5.91 Å². The Labute approximate surface area is 120 Å². The molecule has 1 heterocycles. The summed E-state index contributed by atoms with van der Waals surface area (Å²) in [6.45, 7) is 3.33. The first kappa shape index (κ1) is 14.2. The van der Waals surface area contributed by atoms with Crippen molar-refractivity contribution in [1.82, 2.24) is 10.3 Å². The monoisotopic (exact) mass is 325 g/mol. The standard InChI is InChI=1S/C13H16BrN3O2/c14-12-3-1-11(2-4-12)9-15-16-13(18)10-17-5-7-19-8-6-17/h1-4,9H,5-8,10H2,(H,16,18)/b15-9+. The van der Waals surface area contributed by atoms with Crippen molar-refractivity contribution in [3.8, 4) is 0 Å². The molecule has 1 aromatic carbocycles. The first-order chi connectivity index (χ1) is 9.24. The summed E-state index contributed by atoms with van der Waals surface area (Å²) in [6.07, 6.45) is 1.63. The number of ether oxygens (including phenoxy) is 1. The minimum atomic E-state index is -0.102. The Morgan fingerprint density at radius 3 is 2.74 bits per heavy atom. The van der Waals surface area contributed by atoms with E-state index < -0.39 is 0 Å². The Morgan fingerprint density at radius 2 is 2.05 bits per heavy atom. The summed E-state index contributed by atoms with van der Waals surface area (Å²) < 4.78 is 6.24. The van der Waals surface area contributed by atoms with Crippen molar-refractivity contribution in [2.24, 2.45) is 5.10 Å². The van der Waals surface area contributed by atoms with Crippen LogP contribution in [0.15, 0.2) is 33.8 Å². The van der Waals surface area contributed by atoms with Gasteiger partial charge in [0.1, 0.15) is 0 Å². The lowest BCUT2D eigenvalue weighted by atomic mass is 10.2. The van der Waals surface area contributed by atoms with Crippen LogP contribution < -0.4 is 5.43 Å². The van der Waals surface area contributed by atoms with Crippen LogP contribution in [-0.4, -0.2) is 49.9 Å². The molecule has 6 heteroatoms. The number of carbonyl (C=O) groups excluding carboxylic acids is 1. The van der Waals surface area contributed by atoms with Crippen LogP contribution in [-0.2, 0) is 9.53 Å². The molecule has 1 saturated heterocycles. The van der Waals surface area contributed by atoms with Gasteiger partial charge in [-0.05, 0) is 17.7 Å². The number of amides is 1. The molecule has 0 unspecified atom stereocenters. The van der Waals surface area contributed by atoms with Gasteiger partial charge in [-0.25, -0.2) is 5.43 Å². The van der Waals surface area contributed by atoms with Gasteiger partial charge >= 0.3 is 0 Å². The van der Waals surface area contributed by atoms with E-state index in [0.29, 0.717) is 19.8 Å². The van der Waals surface area contributed by atoms with Crippen molar-refractivity contribution in [3.05, 3.63) is 34.3 Å². The number of nitrogens with one attached hydrogen (secondary N) is 1. The smallest absolute Gasteiger partial charge is 0.254 e. The van der Waals surface area contributed by atoms with E-state index in [0.717, 1.165) is 23.1 Å². The number of morpholine rings is 1. The summed E-state index contributed by atoms with van der Waals surface area (Å²) in [5.74, 6) is -0.102. The molecule has 0 aromatic heterocycles. The summed E-state index contributed by atoms with van der Waals surface area (Å²) in [5.41, 5.74) is 3.47. The third-order valence-corrected chi connectivity index (χ3v) is 3.27. The summed E-state index contributed by atoms with van der Waals surface area (Å²) in [5, 5.41) is 3.94. The van der Waals surface area contributed by atoms with E-state index in [1.54, 1.807) is 6.21 Å². The van der Waals surface area contributed by atoms with Gasteiger partial charge in [0.05, 0.1) is 26.0 Å². The maximum Gasteiger partial charge on any atom is 0.254 e. The molecule has 0 spiro atoms. The Bertz CT molecular complexity index is 442. The van der Waals surface area contributed by atoms with Gasteiger partial charge in [0.15, 0.2) is 0 Å². The maximum absolute atomic E-state index is 11.6. The lowest BCUT2D eigenvalue weighted by Crippen LogP contribution is -2.42. The van der Waals surface area contributed by atoms with Gasteiger partial charge in [-0.3, -0.25) is 9.69 Å². The summed E-state index contributed by atoms with van der Waals surface area (Å²) in [4.78, 5) is 13.7. The molecule has 0 saturated carbocycles. The minimum Gasteiger partial charge on any atom is -0.379 e. The second kappa shape index (κ2) is 7.37. The zero-order valence-electron chi connectivity index (χ0n) is 10.5. The van der Waals surface area contributed by atoms with Crippen molar-refractivity contribution in [3.63, 3.8) is 0 Å². The molecule has 1 aliphatic heterocycles. The van der Waals surface area contributed by atoms with E-state index in [4.69, 9.17) is 4.74 Å². The summed E-state index contributed by atoms with van der Waals surface area (Å²) >= 11 is 3.36. The first-order valence-electron chi connectivity index (χ1n) is 6.11. The third-order valence-electron chi connectivity index (χ3n) is 2.74. The molecular weight excluding hydrogens is 310 g/mol. The minimum absolute atomic E-state index is 0.102. The van der Waals surface area contributed by atoms with Crippen molar-refractivity contribution in [1.29, 1.82) is 0 Å². The highest BCUT2D eigenvalue weighted by Gasteiger charge is 2.13. The van der Waals surface area contributed by atoms with Gasteiger partial charge in [0.2, 0.25) is 0 Å². The Balaban J connectivity index is 1.74. The van der Waals surface area contributed by atoms with Gasteiger partial charge < -0.3 is 4.74 Å². The predicted molar refractivity (Wildman–Crippen MR) is 77.1 cm³/mol. The lowest BCUT2D eigenvalue weighted by molar-refractivity contribution is -0.123. The van der Waals surface area contributed by atoms with E-state index in [1.807, 2.05) is 29.2 Å². The first-order valence-corrected chi connectivity index (χ1v) is 6.91. The van der Waals surface area contributed by atoms with Crippen molar-refractivity contribution in [2.75, 3.05) is 32.8 Å². The Kier molecular flexibility index (Phi) is 5.50. The van der Waals surface area contributed by atoms with E-state index in [2.05, 4.69) is 26.5 Å². The van der Waals surface area contributed by atoms with E-state index >= 15 is 0 Å². The zero-order chi connectivity index (χ0) is 13.5. The number of nitrogens with zero attached hydrogens (tertiary/aromatic N) is 2. The fourth-order valence-electron chi connectivity index (χ4n) is 1.73. The van der Waals surface area contributed by atoms with Crippen LogP contribution in [0.5, 0.6) is 0 Å². The van der Waals surface area contributed by atoms with E-state index in [9.17, 15) is 4.79 Å². The van der Waals surface area contributed by atoms with Crippen molar-refractivity contribution in [2.45, 2.75) is 0 Å². The van der Waals surface area contributed by atoms with E-state index in [1.165, 1.54) is 0 Å². The fraction of sp³-hybridized carbons (Fsp3) is 0.385. The molecule has 1 aromatic rings. The molecule has 19 heavy (non-hydrogen) atoms. The second-order valence-electron chi connectivity index (χ2n) is 4.23. The summed E-state index contributed by atoms with van der Waals surface area (Å²) in [7, 11) is 0. The second-order valence-corrected chi connectivity index (χ2v) is 5.15.